The normalized spacial score (nSPS) is 13.9. The Morgan fingerprint density at radius 1 is 0.884 bits per heavy atom. The second kappa shape index (κ2) is 11.2. The Labute approximate surface area is 249 Å². The maximum absolute atomic E-state index is 13.4. The lowest BCUT2D eigenvalue weighted by Gasteiger charge is -2.13. The summed E-state index contributed by atoms with van der Waals surface area (Å²) >= 11 is 1.06. The number of amides is 1. The van der Waals surface area contributed by atoms with E-state index in [1.54, 1.807) is 0 Å². The smallest absolute Gasteiger partial charge is 0.433 e. The first-order valence-corrected chi connectivity index (χ1v) is 14.3. The van der Waals surface area contributed by atoms with Crippen molar-refractivity contribution in [1.29, 1.82) is 0 Å². The summed E-state index contributed by atoms with van der Waals surface area (Å²) in [7, 11) is 1.40. The molecule has 0 spiro atoms. The van der Waals surface area contributed by atoms with Crippen LogP contribution in [0.4, 0.5) is 23.7 Å². The molecule has 0 aliphatic heterocycles. The van der Waals surface area contributed by atoms with Gasteiger partial charge in [0.15, 0.2) is 0 Å². The minimum atomic E-state index is -4.60. The fraction of sp³-hybridized carbons (Fsp3) is 0.182. The Bertz CT molecular complexity index is 1800. The number of halogens is 3. The largest absolute Gasteiger partial charge is 0.468 e. The number of pyridine rings is 1. The molecule has 0 unspecified atom stereocenters. The average Bonchev–Trinajstić information content (AvgIpc) is 3.76. The number of esters is 1. The van der Waals surface area contributed by atoms with Gasteiger partial charge in [-0.25, -0.2) is 9.78 Å². The molecule has 2 heterocycles. The van der Waals surface area contributed by atoms with Crippen molar-refractivity contribution in [2.24, 2.45) is 0 Å². The van der Waals surface area contributed by atoms with E-state index in [1.807, 2.05) is 78.9 Å². The standard InChI is InChI=1S/C33H25F3N2O4S/c1-41-30(39)32(17-18-32)24-13-11-22(12-14-24)21-7-9-23(10-8-21)28-27(38-31(40)42-19-20-5-3-2-4-6-20)25-15-16-26(33(34,35)36)37-29(25)43-28/h2-16H,17-19H2,1H3,(H,38,40). The van der Waals surface area contributed by atoms with Crippen molar-refractivity contribution in [3.05, 3.63) is 108 Å². The average molecular weight is 603 g/mol. The van der Waals surface area contributed by atoms with E-state index in [2.05, 4.69) is 10.3 Å². The van der Waals surface area contributed by atoms with Gasteiger partial charge < -0.3 is 9.47 Å². The van der Waals surface area contributed by atoms with Crippen molar-refractivity contribution < 1.29 is 32.2 Å². The third kappa shape index (κ3) is 5.70. The van der Waals surface area contributed by atoms with Crippen LogP contribution in [-0.2, 0) is 32.5 Å². The number of anilines is 1. The molecule has 1 fully saturated rings. The SMILES string of the molecule is COC(=O)C1(c2ccc(-c3ccc(-c4sc5nc(C(F)(F)F)ccc5c4NC(=O)OCc4ccccc4)cc3)cc2)CC1. The van der Waals surface area contributed by atoms with Crippen LogP contribution >= 0.6 is 11.3 Å². The summed E-state index contributed by atoms with van der Waals surface area (Å²) < 4.78 is 50.6. The van der Waals surface area contributed by atoms with Crippen molar-refractivity contribution in [1.82, 2.24) is 4.98 Å². The number of thiophene rings is 1. The summed E-state index contributed by atoms with van der Waals surface area (Å²) in [5, 5.41) is 3.12. The molecular weight excluding hydrogens is 577 g/mol. The van der Waals surface area contributed by atoms with Crippen molar-refractivity contribution in [3.63, 3.8) is 0 Å². The number of rotatable bonds is 7. The Morgan fingerprint density at radius 2 is 1.51 bits per heavy atom. The number of hydrogen-bond donors (Lipinski definition) is 1. The number of hydrogen-bond acceptors (Lipinski definition) is 6. The molecule has 0 atom stereocenters. The zero-order chi connectivity index (χ0) is 30.2. The Hall–Kier alpha value is -4.70. The Balaban J connectivity index is 1.29. The highest BCUT2D eigenvalue weighted by Crippen LogP contribution is 2.49. The minimum Gasteiger partial charge on any atom is -0.468 e. The fourth-order valence-electron chi connectivity index (χ4n) is 5.05. The van der Waals surface area contributed by atoms with E-state index in [1.165, 1.54) is 13.2 Å². The third-order valence-electron chi connectivity index (χ3n) is 7.53. The molecule has 43 heavy (non-hydrogen) atoms. The monoisotopic (exact) mass is 602 g/mol. The number of alkyl halides is 3. The summed E-state index contributed by atoms with van der Waals surface area (Å²) in [4.78, 5) is 29.5. The van der Waals surface area contributed by atoms with Gasteiger partial charge in [0, 0.05) is 5.39 Å². The van der Waals surface area contributed by atoms with Gasteiger partial charge in [0.25, 0.3) is 0 Å². The number of carbonyl (C=O) groups is 2. The first kappa shape index (κ1) is 28.4. The molecule has 1 aliphatic carbocycles. The molecular formula is C33H25F3N2O4S. The lowest BCUT2D eigenvalue weighted by molar-refractivity contribution is -0.143. The van der Waals surface area contributed by atoms with Gasteiger partial charge in [-0.1, -0.05) is 78.9 Å². The van der Waals surface area contributed by atoms with Crippen LogP contribution in [0, 0.1) is 0 Å². The number of aromatic nitrogens is 1. The summed E-state index contributed by atoms with van der Waals surface area (Å²) in [6.07, 6.45) is -3.81. The van der Waals surface area contributed by atoms with Gasteiger partial charge in [-0.15, -0.1) is 11.3 Å². The van der Waals surface area contributed by atoms with E-state index >= 15 is 0 Å². The molecule has 6 rings (SSSR count). The minimum absolute atomic E-state index is 0.0365. The Kier molecular flexibility index (Phi) is 7.39. The van der Waals surface area contributed by atoms with E-state index in [9.17, 15) is 22.8 Å². The van der Waals surface area contributed by atoms with E-state index in [0.717, 1.165) is 52.5 Å². The molecule has 6 nitrogen and oxygen atoms in total. The highest BCUT2D eigenvalue weighted by Gasteiger charge is 2.52. The predicted molar refractivity (Wildman–Crippen MR) is 159 cm³/mol. The van der Waals surface area contributed by atoms with Crippen molar-refractivity contribution in [3.8, 4) is 21.6 Å². The third-order valence-corrected chi connectivity index (χ3v) is 8.68. The zero-order valence-electron chi connectivity index (χ0n) is 22.9. The van der Waals surface area contributed by atoms with Gasteiger partial charge in [0.1, 0.15) is 17.1 Å². The van der Waals surface area contributed by atoms with Crippen LogP contribution in [0.5, 0.6) is 0 Å². The van der Waals surface area contributed by atoms with E-state index < -0.39 is 23.4 Å². The Morgan fingerprint density at radius 3 is 2.12 bits per heavy atom. The maximum atomic E-state index is 13.4. The fourth-order valence-corrected chi connectivity index (χ4v) is 6.19. The molecule has 3 aromatic carbocycles. The molecule has 10 heteroatoms. The lowest BCUT2D eigenvalue weighted by Crippen LogP contribution is -2.21. The molecule has 1 amide bonds. The quantitative estimate of drug-likeness (QED) is 0.189. The van der Waals surface area contributed by atoms with Gasteiger partial charge in [-0.2, -0.15) is 13.2 Å². The van der Waals surface area contributed by atoms with Crippen LogP contribution in [0.1, 0.15) is 29.7 Å². The van der Waals surface area contributed by atoms with E-state index in [0.29, 0.717) is 21.5 Å². The summed E-state index contributed by atoms with van der Waals surface area (Å²) in [5.74, 6) is -0.224. The molecule has 1 aliphatic rings. The van der Waals surface area contributed by atoms with Gasteiger partial charge in [-0.3, -0.25) is 10.1 Å². The molecule has 5 aromatic rings. The van der Waals surface area contributed by atoms with Crippen LogP contribution in [-0.4, -0.2) is 24.2 Å². The number of benzene rings is 3. The molecule has 1 saturated carbocycles. The number of fused-ring (bicyclic) bond motifs is 1. The molecule has 1 N–H and O–H groups in total. The second-order valence-electron chi connectivity index (χ2n) is 10.3. The number of ether oxygens (including phenoxy) is 2. The van der Waals surface area contributed by atoms with Crippen molar-refractivity contribution >= 4 is 39.3 Å². The van der Waals surface area contributed by atoms with Crippen LogP contribution < -0.4 is 5.32 Å². The number of nitrogens with one attached hydrogen (secondary N) is 1. The van der Waals surface area contributed by atoms with Crippen LogP contribution in [0.25, 0.3) is 31.8 Å². The van der Waals surface area contributed by atoms with Crippen LogP contribution in [0.3, 0.4) is 0 Å². The highest BCUT2D eigenvalue weighted by molar-refractivity contribution is 7.22. The summed E-state index contributed by atoms with van der Waals surface area (Å²) in [6.45, 7) is 0.0365. The number of carbonyl (C=O) groups excluding carboxylic acids is 2. The summed E-state index contributed by atoms with van der Waals surface area (Å²) in [5.41, 5.74) is 3.03. The molecule has 0 bridgehead atoms. The molecule has 0 radical (unpaired) electrons. The highest BCUT2D eigenvalue weighted by atomic mass is 32.1. The maximum Gasteiger partial charge on any atom is 0.433 e. The first-order valence-electron chi connectivity index (χ1n) is 13.5. The number of nitrogens with zero attached hydrogens (tertiary/aromatic N) is 1. The van der Waals surface area contributed by atoms with E-state index in [4.69, 9.17) is 9.47 Å². The first-order chi connectivity index (χ1) is 20.7. The number of methoxy groups -OCH3 is 1. The van der Waals surface area contributed by atoms with Gasteiger partial charge >= 0.3 is 18.2 Å². The second-order valence-corrected chi connectivity index (χ2v) is 11.3. The topological polar surface area (TPSA) is 77.5 Å². The van der Waals surface area contributed by atoms with Gasteiger partial charge in [-0.05, 0) is 52.8 Å². The molecule has 0 saturated heterocycles. The van der Waals surface area contributed by atoms with Crippen LogP contribution in [0.2, 0.25) is 0 Å². The summed E-state index contributed by atoms with van der Waals surface area (Å²) in [6, 6.07) is 26.6. The van der Waals surface area contributed by atoms with Crippen LogP contribution in [0.15, 0.2) is 91.0 Å². The zero-order valence-corrected chi connectivity index (χ0v) is 23.7. The van der Waals surface area contributed by atoms with Crippen molar-refractivity contribution in [2.75, 3.05) is 12.4 Å². The molecule has 2 aromatic heterocycles. The van der Waals surface area contributed by atoms with Gasteiger partial charge in [0.05, 0.1) is 23.1 Å². The lowest BCUT2D eigenvalue weighted by atomic mass is 9.93. The van der Waals surface area contributed by atoms with E-state index in [-0.39, 0.29) is 17.4 Å². The predicted octanol–water partition coefficient (Wildman–Crippen LogP) is 8.60. The van der Waals surface area contributed by atoms with Gasteiger partial charge in [0.2, 0.25) is 0 Å². The van der Waals surface area contributed by atoms with Crippen molar-refractivity contribution in [2.45, 2.75) is 31.0 Å². The molecule has 218 valence electrons.